The third-order valence-electron chi connectivity index (χ3n) is 2.59. The van der Waals surface area contributed by atoms with E-state index in [1.165, 1.54) is 16.9 Å². The molecule has 0 bridgehead atoms. The van der Waals surface area contributed by atoms with E-state index in [9.17, 15) is 4.79 Å². The molecule has 0 saturated carbocycles. The van der Waals surface area contributed by atoms with Crippen molar-refractivity contribution < 1.29 is 4.74 Å². The van der Waals surface area contributed by atoms with Crippen molar-refractivity contribution in [3.63, 3.8) is 0 Å². The van der Waals surface area contributed by atoms with Crippen molar-refractivity contribution in [1.29, 1.82) is 0 Å². The van der Waals surface area contributed by atoms with Crippen LogP contribution in [0, 0.1) is 0 Å². The second kappa shape index (κ2) is 6.65. The Morgan fingerprint density at radius 1 is 1.32 bits per heavy atom. The fourth-order valence-electron chi connectivity index (χ4n) is 1.63. The van der Waals surface area contributed by atoms with E-state index in [2.05, 4.69) is 10.1 Å². The number of rotatable bonds is 6. The number of hydrogen-bond donors (Lipinski definition) is 1. The minimum Gasteiger partial charge on any atom is -0.490 e. The smallest absolute Gasteiger partial charge is 0.270 e. The van der Waals surface area contributed by atoms with Gasteiger partial charge in [0.05, 0.1) is 6.20 Å². The lowest BCUT2D eigenvalue weighted by Crippen LogP contribution is -2.23. The first-order valence-corrected chi connectivity index (χ1v) is 6.08. The Kier molecular flexibility index (Phi) is 4.63. The Morgan fingerprint density at radius 3 is 2.79 bits per heavy atom. The number of nitrogens with two attached hydrogens (primary N) is 1. The molecule has 0 atom stereocenters. The number of pyridine rings is 1. The Morgan fingerprint density at radius 2 is 2.11 bits per heavy atom. The summed E-state index contributed by atoms with van der Waals surface area (Å²) in [6.07, 6.45) is 5.73. The van der Waals surface area contributed by atoms with E-state index in [0.717, 1.165) is 12.0 Å². The summed E-state index contributed by atoms with van der Waals surface area (Å²) >= 11 is 0. The van der Waals surface area contributed by atoms with Gasteiger partial charge in [-0.1, -0.05) is 0 Å². The molecule has 0 saturated heterocycles. The zero-order valence-electron chi connectivity index (χ0n) is 10.5. The quantitative estimate of drug-likeness (QED) is 0.803. The molecule has 0 aliphatic rings. The lowest BCUT2D eigenvalue weighted by molar-refractivity contribution is 0.323. The molecule has 2 N–H and O–H groups in total. The van der Waals surface area contributed by atoms with Crippen molar-refractivity contribution in [3.05, 3.63) is 52.7 Å². The average molecular weight is 260 g/mol. The highest BCUT2D eigenvalue weighted by Crippen LogP contribution is 2.03. The topological polar surface area (TPSA) is 83.0 Å². The van der Waals surface area contributed by atoms with Gasteiger partial charge < -0.3 is 10.5 Å². The van der Waals surface area contributed by atoms with Crippen molar-refractivity contribution in [1.82, 2.24) is 14.8 Å². The van der Waals surface area contributed by atoms with Crippen molar-refractivity contribution >= 4 is 0 Å². The van der Waals surface area contributed by atoms with Crippen LogP contribution in [0.1, 0.15) is 5.56 Å². The fraction of sp³-hybridized carbons (Fsp3) is 0.308. The monoisotopic (exact) mass is 260 g/mol. The van der Waals surface area contributed by atoms with E-state index in [4.69, 9.17) is 10.5 Å². The highest BCUT2D eigenvalue weighted by molar-refractivity contribution is 5.14. The van der Waals surface area contributed by atoms with Gasteiger partial charge in [-0.15, -0.1) is 0 Å². The molecule has 0 unspecified atom stereocenters. The number of aryl methyl sites for hydroxylation is 2. The Bertz CT molecular complexity index is 568. The van der Waals surface area contributed by atoms with E-state index >= 15 is 0 Å². The lowest BCUT2D eigenvalue weighted by atomic mass is 10.2. The van der Waals surface area contributed by atoms with Crippen LogP contribution in [0.15, 0.2) is 41.6 Å². The zero-order chi connectivity index (χ0) is 13.5. The van der Waals surface area contributed by atoms with Crippen LogP contribution in [0.25, 0.3) is 0 Å². The van der Waals surface area contributed by atoms with Crippen LogP contribution in [0.5, 0.6) is 5.75 Å². The molecule has 19 heavy (non-hydrogen) atoms. The first-order chi connectivity index (χ1) is 9.29. The zero-order valence-corrected chi connectivity index (χ0v) is 10.5. The molecule has 0 radical (unpaired) electrons. The van der Waals surface area contributed by atoms with E-state index in [1.807, 2.05) is 12.1 Å². The summed E-state index contributed by atoms with van der Waals surface area (Å²) in [5.74, 6) is 0.454. The first-order valence-electron chi connectivity index (χ1n) is 6.08. The lowest BCUT2D eigenvalue weighted by Gasteiger charge is -2.07. The van der Waals surface area contributed by atoms with E-state index in [0.29, 0.717) is 25.4 Å². The maximum Gasteiger partial charge on any atom is 0.270 e. The maximum atomic E-state index is 11.8. The predicted octanol–water partition coefficient (Wildman–Crippen LogP) is 0.218. The van der Waals surface area contributed by atoms with Gasteiger partial charge in [0.15, 0.2) is 0 Å². The SMILES string of the molecule is NCCOc1cnn(CCc2ccncc2)c(=O)c1. The molecule has 2 heterocycles. The van der Waals surface area contributed by atoms with Crippen LogP contribution >= 0.6 is 0 Å². The summed E-state index contributed by atoms with van der Waals surface area (Å²) in [4.78, 5) is 15.7. The minimum absolute atomic E-state index is 0.177. The number of ether oxygens (including phenoxy) is 1. The molecule has 100 valence electrons. The Hall–Kier alpha value is -2.21. The molecule has 0 amide bonds. The minimum atomic E-state index is -0.177. The maximum absolute atomic E-state index is 11.8. The van der Waals surface area contributed by atoms with Crippen molar-refractivity contribution in [2.24, 2.45) is 5.73 Å². The molecule has 0 aliphatic carbocycles. The van der Waals surface area contributed by atoms with Gasteiger partial charge in [-0.05, 0) is 24.1 Å². The molecule has 2 aromatic rings. The average Bonchev–Trinajstić information content (AvgIpc) is 2.45. The van der Waals surface area contributed by atoms with Gasteiger partial charge in [0.1, 0.15) is 12.4 Å². The summed E-state index contributed by atoms with van der Waals surface area (Å²) in [5.41, 5.74) is 6.26. The Balaban J connectivity index is 1.99. The molecule has 6 heteroatoms. The molecular weight excluding hydrogens is 244 g/mol. The second-order valence-corrected chi connectivity index (χ2v) is 4.00. The molecular formula is C13H16N4O2. The van der Waals surface area contributed by atoms with Gasteiger partial charge in [0.2, 0.25) is 0 Å². The van der Waals surface area contributed by atoms with Gasteiger partial charge in [0.25, 0.3) is 5.56 Å². The van der Waals surface area contributed by atoms with Gasteiger partial charge >= 0.3 is 0 Å². The highest BCUT2D eigenvalue weighted by Gasteiger charge is 2.01. The van der Waals surface area contributed by atoms with Crippen LogP contribution in [0.3, 0.4) is 0 Å². The largest absolute Gasteiger partial charge is 0.490 e. The molecule has 2 rings (SSSR count). The molecule has 6 nitrogen and oxygen atoms in total. The third kappa shape index (κ3) is 3.89. The summed E-state index contributed by atoms with van der Waals surface area (Å²) in [6, 6.07) is 5.27. The Labute approximate surface area is 110 Å². The first kappa shape index (κ1) is 13.2. The summed E-state index contributed by atoms with van der Waals surface area (Å²) in [6.45, 7) is 1.31. The van der Waals surface area contributed by atoms with Gasteiger partial charge in [-0.3, -0.25) is 9.78 Å². The van der Waals surface area contributed by atoms with E-state index in [-0.39, 0.29) is 5.56 Å². The molecule has 2 aromatic heterocycles. The van der Waals surface area contributed by atoms with Crippen LogP contribution in [0.2, 0.25) is 0 Å². The normalized spacial score (nSPS) is 10.4. The van der Waals surface area contributed by atoms with Gasteiger partial charge in [-0.25, -0.2) is 4.68 Å². The van der Waals surface area contributed by atoms with Crippen LogP contribution in [-0.2, 0) is 13.0 Å². The predicted molar refractivity (Wildman–Crippen MR) is 71.0 cm³/mol. The van der Waals surface area contributed by atoms with Crippen molar-refractivity contribution in [3.8, 4) is 5.75 Å². The number of aromatic nitrogens is 3. The van der Waals surface area contributed by atoms with Crippen LogP contribution < -0.4 is 16.0 Å². The van der Waals surface area contributed by atoms with Crippen molar-refractivity contribution in [2.45, 2.75) is 13.0 Å². The fourth-order valence-corrected chi connectivity index (χ4v) is 1.63. The molecule has 0 aliphatic heterocycles. The molecule has 0 aromatic carbocycles. The van der Waals surface area contributed by atoms with Crippen LogP contribution in [0.4, 0.5) is 0 Å². The number of hydrogen-bond acceptors (Lipinski definition) is 5. The van der Waals surface area contributed by atoms with E-state index in [1.54, 1.807) is 12.4 Å². The standard InChI is InChI=1S/C13H16N4O2/c14-4-8-19-12-9-13(18)17(16-10-12)7-3-11-1-5-15-6-2-11/h1-2,5-6,9-10H,3-4,7-8,14H2. The van der Waals surface area contributed by atoms with Crippen LogP contribution in [-0.4, -0.2) is 27.9 Å². The highest BCUT2D eigenvalue weighted by atomic mass is 16.5. The number of nitrogens with zero attached hydrogens (tertiary/aromatic N) is 3. The summed E-state index contributed by atoms with van der Waals surface area (Å²) < 4.78 is 6.66. The van der Waals surface area contributed by atoms with Gasteiger partial charge in [-0.2, -0.15) is 5.10 Å². The summed E-state index contributed by atoms with van der Waals surface area (Å²) in [5, 5.41) is 4.07. The van der Waals surface area contributed by atoms with E-state index < -0.39 is 0 Å². The molecule has 0 spiro atoms. The van der Waals surface area contributed by atoms with Crippen molar-refractivity contribution in [2.75, 3.05) is 13.2 Å². The summed E-state index contributed by atoms with van der Waals surface area (Å²) in [7, 11) is 0. The second-order valence-electron chi connectivity index (χ2n) is 4.00. The molecule has 0 fully saturated rings. The third-order valence-corrected chi connectivity index (χ3v) is 2.59. The van der Waals surface area contributed by atoms with Gasteiger partial charge in [0, 0.05) is 31.5 Å².